The van der Waals surface area contributed by atoms with Crippen LogP contribution in [0.25, 0.3) is 22.3 Å². The number of nitrogens with zero attached hydrogens (tertiary/aromatic N) is 2. The van der Waals surface area contributed by atoms with Crippen LogP contribution in [0.1, 0.15) is 30.0 Å². The van der Waals surface area contributed by atoms with Crippen molar-refractivity contribution in [3.8, 4) is 22.3 Å². The molecular weight excluding hydrogens is 429 g/mol. The number of carboxylic acids is 1. The summed E-state index contributed by atoms with van der Waals surface area (Å²) in [5.74, 6) is -1.32. The van der Waals surface area contributed by atoms with Gasteiger partial charge in [0.15, 0.2) is 0 Å². The molecule has 0 radical (unpaired) electrons. The van der Waals surface area contributed by atoms with E-state index >= 15 is 0 Å². The van der Waals surface area contributed by atoms with Gasteiger partial charge in [-0.3, -0.25) is 14.8 Å². The Morgan fingerprint density at radius 1 is 0.941 bits per heavy atom. The van der Waals surface area contributed by atoms with E-state index in [0.717, 1.165) is 27.8 Å². The molecule has 1 atom stereocenters. The summed E-state index contributed by atoms with van der Waals surface area (Å²) in [6, 6.07) is 23.2. The maximum Gasteiger partial charge on any atom is 0.306 e. The predicted octanol–water partition coefficient (Wildman–Crippen LogP) is 5.77. The Morgan fingerprint density at radius 3 is 2.26 bits per heavy atom. The molecule has 4 aromatic rings. The normalized spacial score (nSPS) is 15.8. The molecule has 6 heteroatoms. The molecule has 3 aromatic carbocycles. The van der Waals surface area contributed by atoms with Crippen molar-refractivity contribution in [2.75, 3.05) is 13.1 Å². The number of hydrogen-bond donors (Lipinski definition) is 2. The molecule has 172 valence electrons. The summed E-state index contributed by atoms with van der Waals surface area (Å²) in [7, 11) is 0. The van der Waals surface area contributed by atoms with Crippen molar-refractivity contribution in [3.05, 3.63) is 102 Å². The molecule has 1 aliphatic heterocycles. The topological polar surface area (TPSA) is 69.2 Å². The number of hydrogen-bond acceptors (Lipinski definition) is 3. The lowest BCUT2D eigenvalue weighted by atomic mass is 9.91. The molecule has 34 heavy (non-hydrogen) atoms. The van der Waals surface area contributed by atoms with E-state index in [2.05, 4.69) is 27.2 Å². The van der Waals surface area contributed by atoms with Crippen LogP contribution in [0.15, 0.2) is 85.2 Å². The molecular formula is C28H26FN3O2. The van der Waals surface area contributed by atoms with E-state index in [1.165, 1.54) is 6.07 Å². The third kappa shape index (κ3) is 4.50. The predicted molar refractivity (Wildman–Crippen MR) is 130 cm³/mol. The third-order valence-corrected chi connectivity index (χ3v) is 6.69. The Bertz CT molecular complexity index is 1250. The van der Waals surface area contributed by atoms with Gasteiger partial charge in [0.25, 0.3) is 0 Å². The molecule has 1 fully saturated rings. The van der Waals surface area contributed by atoms with Crippen LogP contribution in [0.3, 0.4) is 0 Å². The number of likely N-dealkylation sites (tertiary alicyclic amines) is 1. The number of H-pyrrole nitrogens is 1. The summed E-state index contributed by atoms with van der Waals surface area (Å²) >= 11 is 0. The van der Waals surface area contributed by atoms with Gasteiger partial charge >= 0.3 is 5.97 Å². The lowest BCUT2D eigenvalue weighted by molar-refractivity contribution is -0.143. The third-order valence-electron chi connectivity index (χ3n) is 6.69. The van der Waals surface area contributed by atoms with E-state index in [1.54, 1.807) is 6.20 Å². The number of aromatic amines is 1. The molecule has 0 bridgehead atoms. The van der Waals surface area contributed by atoms with Gasteiger partial charge in [-0.25, -0.2) is 4.39 Å². The van der Waals surface area contributed by atoms with Gasteiger partial charge in [0.1, 0.15) is 5.82 Å². The molecule has 5 rings (SSSR count). The Kier molecular flexibility index (Phi) is 6.23. The summed E-state index contributed by atoms with van der Waals surface area (Å²) in [5, 5.41) is 16.4. The minimum absolute atomic E-state index is 0.128. The number of carboxylic acid groups (broad SMARTS) is 1. The van der Waals surface area contributed by atoms with E-state index < -0.39 is 5.97 Å². The average Bonchev–Trinajstić information content (AvgIpc) is 3.41. The highest BCUT2D eigenvalue weighted by Gasteiger charge is 2.31. The van der Waals surface area contributed by atoms with Crippen molar-refractivity contribution < 1.29 is 14.3 Å². The molecule has 1 aromatic heterocycles. The molecule has 0 amide bonds. The molecule has 1 saturated heterocycles. The molecule has 1 unspecified atom stereocenters. The summed E-state index contributed by atoms with van der Waals surface area (Å²) in [6.45, 7) is 1.32. The van der Waals surface area contributed by atoms with E-state index in [-0.39, 0.29) is 17.8 Å². The lowest BCUT2D eigenvalue weighted by Crippen LogP contribution is -2.39. The molecule has 2 N–H and O–H groups in total. The van der Waals surface area contributed by atoms with Crippen molar-refractivity contribution in [3.63, 3.8) is 0 Å². The van der Waals surface area contributed by atoms with Gasteiger partial charge in [-0.1, -0.05) is 60.7 Å². The maximum absolute atomic E-state index is 15.0. The van der Waals surface area contributed by atoms with Gasteiger partial charge in [-0.05, 0) is 60.3 Å². The zero-order chi connectivity index (χ0) is 23.5. The van der Waals surface area contributed by atoms with Crippen molar-refractivity contribution >= 4 is 5.97 Å². The molecule has 0 spiro atoms. The zero-order valence-corrected chi connectivity index (χ0v) is 18.7. The first kappa shape index (κ1) is 22.0. The van der Waals surface area contributed by atoms with Gasteiger partial charge in [0.05, 0.1) is 18.2 Å². The maximum atomic E-state index is 15.0. The minimum atomic E-state index is -0.734. The van der Waals surface area contributed by atoms with Crippen LogP contribution in [-0.2, 0) is 4.79 Å². The molecule has 5 nitrogen and oxygen atoms in total. The van der Waals surface area contributed by atoms with E-state index in [4.69, 9.17) is 0 Å². The number of carbonyl (C=O) groups is 1. The van der Waals surface area contributed by atoms with Crippen LogP contribution in [0, 0.1) is 11.7 Å². The summed E-state index contributed by atoms with van der Waals surface area (Å²) in [5.41, 5.74) is 5.50. The van der Waals surface area contributed by atoms with Gasteiger partial charge < -0.3 is 5.11 Å². The fourth-order valence-electron chi connectivity index (χ4n) is 4.84. The van der Waals surface area contributed by atoms with Crippen LogP contribution in [0.5, 0.6) is 0 Å². The highest BCUT2D eigenvalue weighted by Crippen LogP contribution is 2.35. The fourth-order valence-corrected chi connectivity index (χ4v) is 4.84. The second kappa shape index (κ2) is 9.61. The first-order chi connectivity index (χ1) is 16.6. The second-order valence-corrected chi connectivity index (χ2v) is 8.77. The summed E-state index contributed by atoms with van der Waals surface area (Å²) < 4.78 is 15.0. The molecule has 0 saturated carbocycles. The molecule has 0 aliphatic carbocycles. The fraction of sp³-hybridized carbons (Fsp3) is 0.214. The van der Waals surface area contributed by atoms with Gasteiger partial charge in [-0.15, -0.1) is 0 Å². The quantitative estimate of drug-likeness (QED) is 0.387. The molecule has 1 aliphatic rings. The van der Waals surface area contributed by atoms with Crippen molar-refractivity contribution in [1.29, 1.82) is 0 Å². The number of benzene rings is 3. The van der Waals surface area contributed by atoms with Crippen LogP contribution in [0.4, 0.5) is 4.39 Å². The van der Waals surface area contributed by atoms with Crippen molar-refractivity contribution in [2.45, 2.75) is 18.9 Å². The SMILES string of the molecule is O=C(O)C1CCN(C(c2cn[nH]c2)c2ccc(F)c(-c3ccc(-c4ccccc4)cc3)c2)CC1. The highest BCUT2D eigenvalue weighted by atomic mass is 19.1. The minimum Gasteiger partial charge on any atom is -0.481 e. The standard InChI is InChI=1S/C28H26FN3O2/c29-26-11-10-23(16-25(26)21-8-6-20(7-9-21)19-4-2-1-3-5-19)27(24-17-30-31-18-24)32-14-12-22(13-15-32)28(33)34/h1-11,16-18,22,27H,12-15H2,(H,30,31)(H,33,34). The van der Waals surface area contributed by atoms with Crippen LogP contribution < -0.4 is 0 Å². The number of nitrogens with one attached hydrogen (secondary N) is 1. The van der Waals surface area contributed by atoms with Crippen LogP contribution in [0.2, 0.25) is 0 Å². The van der Waals surface area contributed by atoms with Crippen LogP contribution in [-0.4, -0.2) is 39.3 Å². The van der Waals surface area contributed by atoms with E-state index in [0.29, 0.717) is 31.5 Å². The lowest BCUT2D eigenvalue weighted by Gasteiger charge is -2.36. The summed E-state index contributed by atoms with van der Waals surface area (Å²) in [6.07, 6.45) is 4.83. The van der Waals surface area contributed by atoms with Gasteiger partial charge in [0, 0.05) is 17.3 Å². The Hall–Kier alpha value is -3.77. The monoisotopic (exact) mass is 455 g/mol. The molecule has 2 heterocycles. The summed E-state index contributed by atoms with van der Waals surface area (Å²) in [4.78, 5) is 13.7. The zero-order valence-electron chi connectivity index (χ0n) is 18.7. The van der Waals surface area contributed by atoms with Gasteiger partial charge in [-0.2, -0.15) is 5.10 Å². The Morgan fingerprint density at radius 2 is 1.62 bits per heavy atom. The van der Waals surface area contributed by atoms with Crippen LogP contribution >= 0.6 is 0 Å². The second-order valence-electron chi connectivity index (χ2n) is 8.77. The van der Waals surface area contributed by atoms with Crippen molar-refractivity contribution in [2.24, 2.45) is 5.92 Å². The first-order valence-corrected chi connectivity index (χ1v) is 11.5. The van der Waals surface area contributed by atoms with E-state index in [9.17, 15) is 14.3 Å². The number of aromatic nitrogens is 2. The smallest absolute Gasteiger partial charge is 0.306 e. The van der Waals surface area contributed by atoms with Crippen molar-refractivity contribution in [1.82, 2.24) is 15.1 Å². The average molecular weight is 456 g/mol. The highest BCUT2D eigenvalue weighted by molar-refractivity contribution is 5.71. The largest absolute Gasteiger partial charge is 0.481 e. The van der Waals surface area contributed by atoms with Gasteiger partial charge in [0.2, 0.25) is 0 Å². The number of rotatable bonds is 6. The van der Waals surface area contributed by atoms with E-state index in [1.807, 2.05) is 60.8 Å². The Labute approximate surface area is 197 Å². The number of piperidine rings is 1. The first-order valence-electron chi connectivity index (χ1n) is 11.5. The number of aliphatic carboxylic acids is 1. The number of halogens is 1. The Balaban J connectivity index is 1.47.